The number of morpholine rings is 1. The van der Waals surface area contributed by atoms with Crippen molar-refractivity contribution in [1.82, 2.24) is 25.0 Å². The van der Waals surface area contributed by atoms with Crippen LogP contribution in [0.4, 0.5) is 0 Å². The maximum absolute atomic E-state index is 12.9. The fraction of sp³-hybridized carbons (Fsp3) is 0.611. The molecule has 136 valence electrons. The Balaban J connectivity index is 1.80. The maximum atomic E-state index is 12.9. The second kappa shape index (κ2) is 6.72. The summed E-state index contributed by atoms with van der Waals surface area (Å²) in [5.74, 6) is -0.0760. The summed E-state index contributed by atoms with van der Waals surface area (Å²) in [5.41, 5.74) is 2.90. The van der Waals surface area contributed by atoms with Gasteiger partial charge in [0, 0.05) is 37.9 Å². The average Bonchev–Trinajstić information content (AvgIpc) is 2.87. The summed E-state index contributed by atoms with van der Waals surface area (Å²) in [6.07, 6.45) is 0. The largest absolute Gasteiger partial charge is 0.379 e. The molecule has 1 N–H and O–H groups in total. The molecule has 3 heterocycles. The smallest absolute Gasteiger partial charge is 0.252 e. The first-order valence-electron chi connectivity index (χ1n) is 8.71. The van der Waals surface area contributed by atoms with Crippen molar-refractivity contribution in [1.29, 1.82) is 0 Å². The number of carbonyl (C=O) groups is 1. The van der Waals surface area contributed by atoms with E-state index in [0.717, 1.165) is 48.7 Å². The van der Waals surface area contributed by atoms with Crippen LogP contribution in [-0.2, 0) is 11.8 Å². The number of ether oxygens (including phenoxy) is 1. The number of nitrogens with one attached hydrogen (secondary N) is 1. The molecule has 7 nitrogen and oxygen atoms in total. The standard InChI is InChI=1S/C18H27N5O2/c1-12-10-14(15-13(2)21-22(5)16(15)20-12)17(24)19-11-18(3,4)23-6-8-25-9-7-23/h10H,6-9,11H2,1-5H3,(H,19,24). The van der Waals surface area contributed by atoms with Crippen molar-refractivity contribution in [3.05, 3.63) is 23.0 Å². The molecule has 2 aromatic heterocycles. The van der Waals surface area contributed by atoms with Crippen molar-refractivity contribution in [3.8, 4) is 0 Å². The summed E-state index contributed by atoms with van der Waals surface area (Å²) < 4.78 is 7.15. The Morgan fingerprint density at radius 1 is 1.32 bits per heavy atom. The van der Waals surface area contributed by atoms with E-state index in [9.17, 15) is 4.79 Å². The molecule has 0 aliphatic carbocycles. The molecule has 3 rings (SSSR count). The molecule has 0 saturated carbocycles. The number of carbonyl (C=O) groups excluding carboxylic acids is 1. The zero-order valence-corrected chi connectivity index (χ0v) is 15.7. The van der Waals surface area contributed by atoms with Crippen LogP contribution in [-0.4, -0.2) is 64.0 Å². The summed E-state index contributed by atoms with van der Waals surface area (Å²) in [5, 5.41) is 8.34. The molecule has 7 heteroatoms. The lowest BCUT2D eigenvalue weighted by atomic mass is 10.0. The minimum Gasteiger partial charge on any atom is -0.379 e. The van der Waals surface area contributed by atoms with Crippen molar-refractivity contribution in [2.45, 2.75) is 33.2 Å². The summed E-state index contributed by atoms with van der Waals surface area (Å²) in [4.78, 5) is 19.8. The number of aromatic nitrogens is 3. The van der Waals surface area contributed by atoms with E-state index in [-0.39, 0.29) is 11.4 Å². The predicted octanol–water partition coefficient (Wildman–Crippen LogP) is 1.43. The highest BCUT2D eigenvalue weighted by atomic mass is 16.5. The Labute approximate surface area is 148 Å². The molecule has 0 radical (unpaired) electrons. The van der Waals surface area contributed by atoms with Gasteiger partial charge < -0.3 is 10.1 Å². The van der Waals surface area contributed by atoms with Crippen LogP contribution < -0.4 is 5.32 Å². The van der Waals surface area contributed by atoms with Crippen molar-refractivity contribution < 1.29 is 9.53 Å². The molecular formula is C18H27N5O2. The number of nitrogens with zero attached hydrogens (tertiary/aromatic N) is 4. The number of rotatable bonds is 4. The van der Waals surface area contributed by atoms with Crippen LogP contribution in [0.25, 0.3) is 11.0 Å². The maximum Gasteiger partial charge on any atom is 0.252 e. The number of hydrogen-bond donors (Lipinski definition) is 1. The second-order valence-corrected chi connectivity index (χ2v) is 7.31. The number of hydrogen-bond acceptors (Lipinski definition) is 5. The number of aryl methyl sites for hydroxylation is 3. The SMILES string of the molecule is Cc1cc(C(=O)NCC(C)(C)N2CCOCC2)c2c(C)nn(C)c2n1. The van der Waals surface area contributed by atoms with E-state index in [1.165, 1.54) is 0 Å². The molecule has 0 aromatic carbocycles. The van der Waals surface area contributed by atoms with Gasteiger partial charge in [0.2, 0.25) is 0 Å². The minimum atomic E-state index is -0.120. The summed E-state index contributed by atoms with van der Waals surface area (Å²) in [7, 11) is 1.85. The fourth-order valence-corrected chi connectivity index (χ4v) is 3.42. The van der Waals surface area contributed by atoms with E-state index in [2.05, 4.69) is 34.1 Å². The quantitative estimate of drug-likeness (QED) is 0.907. The van der Waals surface area contributed by atoms with Crippen molar-refractivity contribution in [2.24, 2.45) is 7.05 Å². The van der Waals surface area contributed by atoms with E-state index in [4.69, 9.17) is 4.74 Å². The predicted molar refractivity (Wildman–Crippen MR) is 96.8 cm³/mol. The molecule has 1 amide bonds. The van der Waals surface area contributed by atoms with Crippen LogP contribution in [0.15, 0.2) is 6.07 Å². The topological polar surface area (TPSA) is 72.3 Å². The van der Waals surface area contributed by atoms with E-state index in [1.54, 1.807) is 4.68 Å². The van der Waals surface area contributed by atoms with E-state index >= 15 is 0 Å². The van der Waals surface area contributed by atoms with Gasteiger partial charge in [-0.15, -0.1) is 0 Å². The van der Waals surface area contributed by atoms with Gasteiger partial charge in [0.15, 0.2) is 5.65 Å². The zero-order chi connectivity index (χ0) is 18.2. The Morgan fingerprint density at radius 3 is 2.68 bits per heavy atom. The van der Waals surface area contributed by atoms with Gasteiger partial charge in [-0.05, 0) is 33.8 Å². The lowest BCUT2D eigenvalue weighted by Crippen LogP contribution is -2.55. The highest BCUT2D eigenvalue weighted by Gasteiger charge is 2.29. The van der Waals surface area contributed by atoms with E-state index < -0.39 is 0 Å². The Bertz CT molecular complexity index is 790. The summed E-state index contributed by atoms with van der Waals surface area (Å²) in [6, 6.07) is 1.84. The van der Waals surface area contributed by atoms with Crippen molar-refractivity contribution >= 4 is 16.9 Å². The number of pyridine rings is 1. The molecule has 25 heavy (non-hydrogen) atoms. The number of fused-ring (bicyclic) bond motifs is 1. The van der Waals surface area contributed by atoms with E-state index in [1.807, 2.05) is 27.0 Å². The summed E-state index contributed by atoms with van der Waals surface area (Å²) >= 11 is 0. The van der Waals surface area contributed by atoms with Crippen LogP contribution in [0.1, 0.15) is 35.6 Å². The van der Waals surface area contributed by atoms with Gasteiger partial charge in [0.25, 0.3) is 5.91 Å². The van der Waals surface area contributed by atoms with Crippen molar-refractivity contribution in [2.75, 3.05) is 32.8 Å². The summed E-state index contributed by atoms with van der Waals surface area (Å²) in [6.45, 7) is 12.0. The Hall–Kier alpha value is -1.99. The van der Waals surface area contributed by atoms with Gasteiger partial charge in [-0.1, -0.05) is 0 Å². The molecular weight excluding hydrogens is 318 g/mol. The Morgan fingerprint density at radius 2 is 2.00 bits per heavy atom. The first-order valence-corrected chi connectivity index (χ1v) is 8.71. The molecule has 2 aromatic rings. The first-order chi connectivity index (χ1) is 11.8. The third kappa shape index (κ3) is 3.52. The van der Waals surface area contributed by atoms with E-state index in [0.29, 0.717) is 12.1 Å². The molecule has 0 bridgehead atoms. The van der Waals surface area contributed by atoms with Gasteiger partial charge in [0.1, 0.15) is 0 Å². The lowest BCUT2D eigenvalue weighted by molar-refractivity contribution is -0.00922. The second-order valence-electron chi connectivity index (χ2n) is 7.31. The van der Waals surface area contributed by atoms with Crippen LogP contribution >= 0.6 is 0 Å². The fourth-order valence-electron chi connectivity index (χ4n) is 3.42. The normalized spacial score (nSPS) is 16.4. The lowest BCUT2D eigenvalue weighted by Gasteiger charge is -2.40. The first kappa shape index (κ1) is 17.8. The van der Waals surface area contributed by atoms with Crippen LogP contribution in [0.2, 0.25) is 0 Å². The molecule has 1 aliphatic heterocycles. The highest BCUT2D eigenvalue weighted by molar-refractivity contribution is 6.06. The molecule has 0 spiro atoms. The number of amides is 1. The Kier molecular flexibility index (Phi) is 4.79. The van der Waals surface area contributed by atoms with Gasteiger partial charge in [-0.2, -0.15) is 5.10 Å². The van der Waals surface area contributed by atoms with Gasteiger partial charge in [-0.3, -0.25) is 14.4 Å². The molecule has 1 saturated heterocycles. The average molecular weight is 345 g/mol. The van der Waals surface area contributed by atoms with Gasteiger partial charge >= 0.3 is 0 Å². The monoisotopic (exact) mass is 345 g/mol. The molecule has 0 unspecified atom stereocenters. The third-order valence-electron chi connectivity index (χ3n) is 4.89. The zero-order valence-electron chi connectivity index (χ0n) is 15.7. The van der Waals surface area contributed by atoms with Crippen molar-refractivity contribution in [3.63, 3.8) is 0 Å². The van der Waals surface area contributed by atoms with Crippen LogP contribution in [0.5, 0.6) is 0 Å². The molecule has 1 aliphatic rings. The third-order valence-corrected chi connectivity index (χ3v) is 4.89. The van der Waals surface area contributed by atoms with Gasteiger partial charge in [-0.25, -0.2) is 4.98 Å². The van der Waals surface area contributed by atoms with Gasteiger partial charge in [0.05, 0.1) is 29.9 Å². The molecule has 1 fully saturated rings. The molecule has 0 atom stereocenters. The minimum absolute atomic E-state index is 0.0760. The van der Waals surface area contributed by atoms with Crippen LogP contribution in [0.3, 0.4) is 0 Å². The highest BCUT2D eigenvalue weighted by Crippen LogP contribution is 2.22. The van der Waals surface area contributed by atoms with Crippen LogP contribution in [0, 0.1) is 13.8 Å².